The van der Waals surface area contributed by atoms with Crippen molar-refractivity contribution in [2.75, 3.05) is 33.3 Å². The molecule has 0 saturated carbocycles. The molecule has 134 valence electrons. The Labute approximate surface area is 147 Å². The van der Waals surface area contributed by atoms with Crippen LogP contribution in [0, 0.1) is 0 Å². The van der Waals surface area contributed by atoms with E-state index in [1.807, 2.05) is 24.3 Å². The van der Waals surface area contributed by atoms with Crippen LogP contribution in [0.1, 0.15) is 12.8 Å². The summed E-state index contributed by atoms with van der Waals surface area (Å²) in [6.07, 6.45) is 0.923. The van der Waals surface area contributed by atoms with E-state index in [-0.39, 0.29) is 5.91 Å². The van der Waals surface area contributed by atoms with Crippen LogP contribution in [0.4, 0.5) is 5.69 Å². The molecular formula is C19H23NO5. The second-order valence-corrected chi connectivity index (χ2v) is 5.22. The summed E-state index contributed by atoms with van der Waals surface area (Å²) in [5, 5.41) is 2.83. The molecule has 0 atom stereocenters. The molecule has 0 aliphatic heterocycles. The van der Waals surface area contributed by atoms with Gasteiger partial charge in [-0.25, -0.2) is 0 Å². The van der Waals surface area contributed by atoms with Crippen molar-refractivity contribution < 1.29 is 23.7 Å². The Morgan fingerprint density at radius 2 is 1.64 bits per heavy atom. The summed E-state index contributed by atoms with van der Waals surface area (Å²) < 4.78 is 21.3. The molecule has 2 aromatic rings. The fourth-order valence-corrected chi connectivity index (χ4v) is 2.27. The Balaban J connectivity index is 1.81. The van der Waals surface area contributed by atoms with Crippen LogP contribution in [0.2, 0.25) is 0 Å². The summed E-state index contributed by atoms with van der Waals surface area (Å²) in [4.78, 5) is 12.1. The molecule has 0 aromatic heterocycles. The lowest BCUT2D eigenvalue weighted by molar-refractivity contribution is -0.116. The fourth-order valence-electron chi connectivity index (χ4n) is 2.27. The first-order chi connectivity index (χ1) is 12.2. The van der Waals surface area contributed by atoms with Gasteiger partial charge >= 0.3 is 0 Å². The fraction of sp³-hybridized carbons (Fsp3) is 0.316. The van der Waals surface area contributed by atoms with Gasteiger partial charge in [0.25, 0.3) is 0 Å². The maximum atomic E-state index is 12.1. The standard InChI is InChI=1S/C19H23NO5/c1-22-14-10-11-15(18(13-14)24-3)20-19(21)9-6-12-25-17-8-5-4-7-16(17)23-2/h4-5,7-8,10-11,13H,6,9,12H2,1-3H3,(H,20,21). The van der Waals surface area contributed by atoms with Crippen molar-refractivity contribution in [1.29, 1.82) is 0 Å². The van der Waals surface area contributed by atoms with E-state index >= 15 is 0 Å². The molecule has 2 rings (SSSR count). The highest BCUT2D eigenvalue weighted by atomic mass is 16.5. The molecule has 0 heterocycles. The van der Waals surface area contributed by atoms with Gasteiger partial charge in [-0.05, 0) is 30.7 Å². The zero-order valence-corrected chi connectivity index (χ0v) is 14.7. The highest BCUT2D eigenvalue weighted by Gasteiger charge is 2.09. The number of rotatable bonds is 9. The van der Waals surface area contributed by atoms with Gasteiger partial charge < -0.3 is 24.3 Å². The van der Waals surface area contributed by atoms with E-state index in [9.17, 15) is 4.79 Å². The van der Waals surface area contributed by atoms with Gasteiger partial charge in [-0.1, -0.05) is 12.1 Å². The zero-order valence-electron chi connectivity index (χ0n) is 14.7. The maximum absolute atomic E-state index is 12.1. The van der Waals surface area contributed by atoms with Crippen molar-refractivity contribution in [2.24, 2.45) is 0 Å². The summed E-state index contributed by atoms with van der Waals surface area (Å²) in [5.74, 6) is 2.46. The van der Waals surface area contributed by atoms with Crippen LogP contribution < -0.4 is 24.3 Å². The second-order valence-electron chi connectivity index (χ2n) is 5.22. The number of carbonyl (C=O) groups excluding carboxylic acids is 1. The SMILES string of the molecule is COc1ccc(NC(=O)CCCOc2ccccc2OC)c(OC)c1. The zero-order chi connectivity index (χ0) is 18.1. The molecular weight excluding hydrogens is 322 g/mol. The summed E-state index contributed by atoms with van der Waals surface area (Å²) in [7, 11) is 4.72. The number of nitrogens with one attached hydrogen (secondary N) is 1. The van der Waals surface area contributed by atoms with E-state index in [0.717, 1.165) is 0 Å². The van der Waals surface area contributed by atoms with Crippen molar-refractivity contribution in [3.05, 3.63) is 42.5 Å². The Kier molecular flexibility index (Phi) is 6.95. The lowest BCUT2D eigenvalue weighted by Gasteiger charge is -2.12. The van der Waals surface area contributed by atoms with Gasteiger partial charge in [-0.2, -0.15) is 0 Å². The first-order valence-electron chi connectivity index (χ1n) is 7.95. The van der Waals surface area contributed by atoms with Gasteiger partial charge in [-0.3, -0.25) is 4.79 Å². The quantitative estimate of drug-likeness (QED) is 0.705. The van der Waals surface area contributed by atoms with E-state index in [4.69, 9.17) is 18.9 Å². The third-order valence-electron chi connectivity index (χ3n) is 3.56. The number of hydrogen-bond donors (Lipinski definition) is 1. The van der Waals surface area contributed by atoms with Gasteiger partial charge in [0.05, 0.1) is 33.6 Å². The number of amides is 1. The van der Waals surface area contributed by atoms with E-state index < -0.39 is 0 Å². The van der Waals surface area contributed by atoms with Crippen molar-refractivity contribution in [2.45, 2.75) is 12.8 Å². The monoisotopic (exact) mass is 345 g/mol. The van der Waals surface area contributed by atoms with Crippen molar-refractivity contribution >= 4 is 11.6 Å². The first kappa shape index (κ1) is 18.4. The van der Waals surface area contributed by atoms with Gasteiger partial charge in [0, 0.05) is 12.5 Å². The highest BCUT2D eigenvalue weighted by molar-refractivity contribution is 5.92. The molecule has 0 spiro atoms. The molecule has 25 heavy (non-hydrogen) atoms. The molecule has 0 unspecified atom stereocenters. The molecule has 0 aliphatic carbocycles. The molecule has 0 radical (unpaired) electrons. The van der Waals surface area contributed by atoms with Crippen molar-refractivity contribution in [3.8, 4) is 23.0 Å². The molecule has 2 aromatic carbocycles. The third-order valence-corrected chi connectivity index (χ3v) is 3.56. The Morgan fingerprint density at radius 1 is 0.920 bits per heavy atom. The summed E-state index contributed by atoms with van der Waals surface area (Å²) >= 11 is 0. The van der Waals surface area contributed by atoms with Crippen LogP contribution in [0.25, 0.3) is 0 Å². The minimum atomic E-state index is -0.105. The lowest BCUT2D eigenvalue weighted by Crippen LogP contribution is -2.13. The lowest BCUT2D eigenvalue weighted by atomic mass is 10.2. The van der Waals surface area contributed by atoms with Crippen molar-refractivity contribution in [3.63, 3.8) is 0 Å². The number of methoxy groups -OCH3 is 3. The molecule has 6 nitrogen and oxygen atoms in total. The minimum Gasteiger partial charge on any atom is -0.497 e. The summed E-state index contributed by atoms with van der Waals surface area (Å²) in [6.45, 7) is 0.424. The smallest absolute Gasteiger partial charge is 0.224 e. The number of hydrogen-bond acceptors (Lipinski definition) is 5. The molecule has 0 saturated heterocycles. The Morgan fingerprint density at radius 3 is 2.32 bits per heavy atom. The number of anilines is 1. The van der Waals surface area contributed by atoms with Crippen LogP contribution in [-0.2, 0) is 4.79 Å². The predicted molar refractivity (Wildman–Crippen MR) is 95.9 cm³/mol. The van der Waals surface area contributed by atoms with E-state index in [1.54, 1.807) is 39.5 Å². The summed E-state index contributed by atoms with van der Waals surface area (Å²) in [6, 6.07) is 12.7. The van der Waals surface area contributed by atoms with Gasteiger partial charge in [0.15, 0.2) is 11.5 Å². The minimum absolute atomic E-state index is 0.105. The van der Waals surface area contributed by atoms with Crippen LogP contribution >= 0.6 is 0 Å². The van der Waals surface area contributed by atoms with Crippen LogP contribution in [0.3, 0.4) is 0 Å². The Bertz CT molecular complexity index is 702. The highest BCUT2D eigenvalue weighted by Crippen LogP contribution is 2.29. The third kappa shape index (κ3) is 5.31. The van der Waals surface area contributed by atoms with Crippen LogP contribution in [0.15, 0.2) is 42.5 Å². The van der Waals surface area contributed by atoms with Gasteiger partial charge in [0.1, 0.15) is 11.5 Å². The Hall–Kier alpha value is -2.89. The van der Waals surface area contributed by atoms with Crippen molar-refractivity contribution in [1.82, 2.24) is 0 Å². The van der Waals surface area contributed by atoms with E-state index in [0.29, 0.717) is 48.1 Å². The number of para-hydroxylation sites is 2. The van der Waals surface area contributed by atoms with E-state index in [2.05, 4.69) is 5.32 Å². The van der Waals surface area contributed by atoms with Crippen LogP contribution in [0.5, 0.6) is 23.0 Å². The average molecular weight is 345 g/mol. The number of benzene rings is 2. The second kappa shape index (κ2) is 9.42. The van der Waals surface area contributed by atoms with E-state index in [1.165, 1.54) is 0 Å². The predicted octanol–water partition coefficient (Wildman–Crippen LogP) is 3.51. The normalized spacial score (nSPS) is 10.0. The molecule has 0 bridgehead atoms. The van der Waals surface area contributed by atoms with Gasteiger partial charge in [0.2, 0.25) is 5.91 Å². The largest absolute Gasteiger partial charge is 0.497 e. The molecule has 6 heteroatoms. The van der Waals surface area contributed by atoms with Gasteiger partial charge in [-0.15, -0.1) is 0 Å². The maximum Gasteiger partial charge on any atom is 0.224 e. The molecule has 1 N–H and O–H groups in total. The average Bonchev–Trinajstić information content (AvgIpc) is 2.65. The molecule has 1 amide bonds. The molecule has 0 fully saturated rings. The first-order valence-corrected chi connectivity index (χ1v) is 7.95. The number of ether oxygens (including phenoxy) is 4. The van der Waals surface area contributed by atoms with Crippen LogP contribution in [-0.4, -0.2) is 33.8 Å². The molecule has 0 aliphatic rings. The number of carbonyl (C=O) groups is 1. The topological polar surface area (TPSA) is 66.0 Å². The summed E-state index contributed by atoms with van der Waals surface area (Å²) in [5.41, 5.74) is 0.610.